The molecule has 1 heterocycles. The van der Waals surface area contributed by atoms with Crippen LogP contribution >= 0.6 is 0 Å². The molecular formula is C20H18FN3O2. The first-order valence-electron chi connectivity index (χ1n) is 8.15. The molecule has 1 amide bonds. The van der Waals surface area contributed by atoms with Crippen molar-refractivity contribution in [3.63, 3.8) is 0 Å². The van der Waals surface area contributed by atoms with Crippen LogP contribution in [0.5, 0.6) is 5.88 Å². The van der Waals surface area contributed by atoms with Crippen molar-refractivity contribution in [2.75, 3.05) is 6.61 Å². The molecule has 3 rings (SSSR count). The molecule has 3 aromatic rings. The van der Waals surface area contributed by atoms with Gasteiger partial charge >= 0.3 is 0 Å². The number of aryl methyl sites for hydroxylation is 1. The summed E-state index contributed by atoms with van der Waals surface area (Å²) in [6.45, 7) is 2.09. The topological polar surface area (TPSA) is 64.1 Å². The SMILES string of the molecule is Cc1cc(OCC(=O)NCc2ccccc2)nc(-c2ccc(F)cc2)n1. The molecule has 0 fully saturated rings. The number of hydrogen-bond donors (Lipinski definition) is 1. The van der Waals surface area contributed by atoms with Gasteiger partial charge in [-0.25, -0.2) is 9.37 Å². The smallest absolute Gasteiger partial charge is 0.258 e. The lowest BCUT2D eigenvalue weighted by Crippen LogP contribution is -2.28. The molecule has 6 heteroatoms. The van der Waals surface area contributed by atoms with Crippen molar-refractivity contribution in [1.29, 1.82) is 0 Å². The van der Waals surface area contributed by atoms with E-state index in [2.05, 4.69) is 15.3 Å². The molecule has 0 unspecified atom stereocenters. The molecule has 1 aromatic heterocycles. The van der Waals surface area contributed by atoms with Gasteiger partial charge in [-0.15, -0.1) is 0 Å². The first-order chi connectivity index (χ1) is 12.6. The Morgan fingerprint density at radius 2 is 1.81 bits per heavy atom. The molecule has 0 saturated heterocycles. The van der Waals surface area contributed by atoms with Crippen LogP contribution in [0.1, 0.15) is 11.3 Å². The Labute approximate surface area is 150 Å². The number of rotatable bonds is 6. The van der Waals surface area contributed by atoms with Crippen molar-refractivity contribution < 1.29 is 13.9 Å². The fraction of sp³-hybridized carbons (Fsp3) is 0.150. The Kier molecular flexibility index (Phi) is 5.53. The number of hydrogen-bond acceptors (Lipinski definition) is 4. The van der Waals surface area contributed by atoms with Gasteiger partial charge in [-0.3, -0.25) is 4.79 Å². The fourth-order valence-electron chi connectivity index (χ4n) is 2.33. The van der Waals surface area contributed by atoms with Gasteiger partial charge < -0.3 is 10.1 Å². The first kappa shape index (κ1) is 17.5. The number of ether oxygens (including phenoxy) is 1. The summed E-state index contributed by atoms with van der Waals surface area (Å²) in [4.78, 5) is 20.6. The van der Waals surface area contributed by atoms with Gasteiger partial charge in [0, 0.05) is 23.9 Å². The van der Waals surface area contributed by atoms with Crippen molar-refractivity contribution in [1.82, 2.24) is 15.3 Å². The first-order valence-corrected chi connectivity index (χ1v) is 8.15. The largest absolute Gasteiger partial charge is 0.467 e. The summed E-state index contributed by atoms with van der Waals surface area (Å²) in [5.74, 6) is 0.151. The maximum atomic E-state index is 13.1. The van der Waals surface area contributed by atoms with E-state index in [0.717, 1.165) is 5.56 Å². The van der Waals surface area contributed by atoms with Crippen LogP contribution in [0.3, 0.4) is 0 Å². The molecule has 1 N–H and O–H groups in total. The Bertz CT molecular complexity index is 883. The molecular weight excluding hydrogens is 333 g/mol. The van der Waals surface area contributed by atoms with Gasteiger partial charge in [0.05, 0.1) is 0 Å². The summed E-state index contributed by atoms with van der Waals surface area (Å²) >= 11 is 0. The summed E-state index contributed by atoms with van der Waals surface area (Å²) in [6.07, 6.45) is 0. The van der Waals surface area contributed by atoms with E-state index in [-0.39, 0.29) is 18.3 Å². The minimum atomic E-state index is -0.326. The molecule has 0 spiro atoms. The van der Waals surface area contributed by atoms with Crippen LogP contribution in [0.4, 0.5) is 4.39 Å². The van der Waals surface area contributed by atoms with Crippen LogP contribution < -0.4 is 10.1 Å². The average molecular weight is 351 g/mol. The predicted octanol–water partition coefficient (Wildman–Crippen LogP) is 3.29. The number of nitrogens with zero attached hydrogens (tertiary/aromatic N) is 2. The number of amides is 1. The number of halogens is 1. The van der Waals surface area contributed by atoms with Crippen LogP contribution in [0.15, 0.2) is 60.7 Å². The molecule has 0 atom stereocenters. The minimum absolute atomic E-state index is 0.147. The quantitative estimate of drug-likeness (QED) is 0.740. The molecule has 0 bridgehead atoms. The zero-order valence-electron chi connectivity index (χ0n) is 14.3. The van der Waals surface area contributed by atoms with Crippen LogP contribution in [-0.2, 0) is 11.3 Å². The van der Waals surface area contributed by atoms with Crippen LogP contribution in [0.25, 0.3) is 11.4 Å². The van der Waals surface area contributed by atoms with Gasteiger partial charge in [0.1, 0.15) is 5.82 Å². The van der Waals surface area contributed by atoms with Crippen molar-refractivity contribution in [2.24, 2.45) is 0 Å². The van der Waals surface area contributed by atoms with Gasteiger partial charge in [0.2, 0.25) is 5.88 Å². The lowest BCUT2D eigenvalue weighted by Gasteiger charge is -2.09. The summed E-state index contributed by atoms with van der Waals surface area (Å²) in [7, 11) is 0. The Balaban J connectivity index is 1.61. The van der Waals surface area contributed by atoms with E-state index in [9.17, 15) is 9.18 Å². The molecule has 0 radical (unpaired) electrons. The highest BCUT2D eigenvalue weighted by atomic mass is 19.1. The van der Waals surface area contributed by atoms with Crippen molar-refractivity contribution in [3.05, 3.63) is 77.7 Å². The van der Waals surface area contributed by atoms with E-state index in [4.69, 9.17) is 4.74 Å². The highest BCUT2D eigenvalue weighted by Crippen LogP contribution is 2.19. The van der Waals surface area contributed by atoms with Crippen LogP contribution in [-0.4, -0.2) is 22.5 Å². The molecule has 26 heavy (non-hydrogen) atoms. The van der Waals surface area contributed by atoms with E-state index >= 15 is 0 Å². The zero-order chi connectivity index (χ0) is 18.4. The van der Waals surface area contributed by atoms with E-state index < -0.39 is 0 Å². The molecule has 0 aliphatic carbocycles. The summed E-state index contributed by atoms with van der Waals surface area (Å²) in [5.41, 5.74) is 2.38. The minimum Gasteiger partial charge on any atom is -0.467 e. The van der Waals surface area contributed by atoms with E-state index in [1.165, 1.54) is 12.1 Å². The Morgan fingerprint density at radius 3 is 2.54 bits per heavy atom. The summed E-state index contributed by atoms with van der Waals surface area (Å²) in [5, 5.41) is 2.79. The standard InChI is InChI=1S/C20H18FN3O2/c1-14-11-19(24-20(23-14)16-7-9-17(21)10-8-16)26-13-18(25)22-12-15-5-3-2-4-6-15/h2-11H,12-13H2,1H3,(H,22,25). The lowest BCUT2D eigenvalue weighted by molar-refractivity contribution is -0.123. The van der Waals surface area contributed by atoms with E-state index in [0.29, 0.717) is 29.5 Å². The van der Waals surface area contributed by atoms with Crippen molar-refractivity contribution in [3.8, 4) is 17.3 Å². The van der Waals surface area contributed by atoms with E-state index in [1.54, 1.807) is 25.1 Å². The molecule has 0 saturated carbocycles. The molecule has 2 aromatic carbocycles. The molecule has 132 valence electrons. The number of aromatic nitrogens is 2. The Hall–Kier alpha value is -3.28. The number of carbonyl (C=O) groups excluding carboxylic acids is 1. The maximum Gasteiger partial charge on any atom is 0.258 e. The van der Waals surface area contributed by atoms with Crippen molar-refractivity contribution in [2.45, 2.75) is 13.5 Å². The second-order valence-electron chi connectivity index (χ2n) is 5.73. The number of carbonyl (C=O) groups is 1. The average Bonchev–Trinajstić information content (AvgIpc) is 2.66. The van der Waals surface area contributed by atoms with Gasteiger partial charge in [-0.1, -0.05) is 30.3 Å². The Morgan fingerprint density at radius 1 is 1.08 bits per heavy atom. The molecule has 5 nitrogen and oxygen atoms in total. The predicted molar refractivity (Wildman–Crippen MR) is 95.9 cm³/mol. The van der Waals surface area contributed by atoms with Crippen LogP contribution in [0.2, 0.25) is 0 Å². The summed E-state index contributed by atoms with van der Waals surface area (Å²) in [6, 6.07) is 17.2. The van der Waals surface area contributed by atoms with Crippen LogP contribution in [0, 0.1) is 12.7 Å². The van der Waals surface area contributed by atoms with E-state index in [1.807, 2.05) is 30.3 Å². The molecule has 0 aliphatic rings. The van der Waals surface area contributed by atoms with Gasteiger partial charge in [0.15, 0.2) is 12.4 Å². The molecule has 0 aliphatic heterocycles. The van der Waals surface area contributed by atoms with Gasteiger partial charge in [-0.05, 0) is 36.8 Å². The third kappa shape index (κ3) is 4.86. The third-order valence-electron chi connectivity index (χ3n) is 3.62. The maximum absolute atomic E-state index is 13.1. The summed E-state index contributed by atoms with van der Waals surface area (Å²) < 4.78 is 18.5. The van der Waals surface area contributed by atoms with Gasteiger partial charge in [-0.2, -0.15) is 4.98 Å². The highest BCUT2D eigenvalue weighted by molar-refractivity contribution is 5.77. The monoisotopic (exact) mass is 351 g/mol. The van der Waals surface area contributed by atoms with Gasteiger partial charge in [0.25, 0.3) is 5.91 Å². The number of benzene rings is 2. The number of nitrogens with one attached hydrogen (secondary N) is 1. The third-order valence-corrected chi connectivity index (χ3v) is 3.62. The lowest BCUT2D eigenvalue weighted by atomic mass is 10.2. The second kappa shape index (κ2) is 8.20. The second-order valence-corrected chi connectivity index (χ2v) is 5.73. The fourth-order valence-corrected chi connectivity index (χ4v) is 2.33. The highest BCUT2D eigenvalue weighted by Gasteiger charge is 2.08. The normalized spacial score (nSPS) is 10.4. The zero-order valence-corrected chi connectivity index (χ0v) is 14.3. The van der Waals surface area contributed by atoms with Crippen molar-refractivity contribution >= 4 is 5.91 Å².